The van der Waals surface area contributed by atoms with Gasteiger partial charge < -0.3 is 34.2 Å². The average molecular weight is 568 g/mol. The predicted molar refractivity (Wildman–Crippen MR) is 151 cm³/mol. The highest BCUT2D eigenvalue weighted by molar-refractivity contribution is 5.90. The van der Waals surface area contributed by atoms with E-state index in [4.69, 9.17) is 34.2 Å². The van der Waals surface area contributed by atoms with Crippen LogP contribution in [0.3, 0.4) is 0 Å². The van der Waals surface area contributed by atoms with Crippen molar-refractivity contribution in [2.45, 2.75) is 37.0 Å². The topological polar surface area (TPSA) is 116 Å². The molecule has 9 heteroatoms. The van der Waals surface area contributed by atoms with Crippen LogP contribution in [0.5, 0.6) is 5.75 Å². The number of hydrogen-bond donors (Lipinski definition) is 1. The van der Waals surface area contributed by atoms with Gasteiger partial charge in [-0.15, -0.1) is 0 Å². The third kappa shape index (κ3) is 6.13. The molecule has 2 aliphatic rings. The Kier molecular flexibility index (Phi) is 8.14. The van der Waals surface area contributed by atoms with Gasteiger partial charge in [0.2, 0.25) is 12.4 Å². The van der Waals surface area contributed by atoms with Crippen molar-refractivity contribution in [3.05, 3.63) is 132 Å². The molecule has 2 N–H and O–H groups in total. The number of fused-ring (bicyclic) bond motifs is 1. The Balaban J connectivity index is 1.36. The molecule has 2 heterocycles. The molecule has 0 radical (unpaired) electrons. The third-order valence-corrected chi connectivity index (χ3v) is 6.99. The van der Waals surface area contributed by atoms with Gasteiger partial charge in [0.1, 0.15) is 18.0 Å². The minimum absolute atomic E-state index is 0.116. The van der Waals surface area contributed by atoms with E-state index in [1.165, 1.54) is 0 Å². The van der Waals surface area contributed by atoms with E-state index >= 15 is 0 Å². The normalized spacial score (nSPS) is 25.0. The van der Waals surface area contributed by atoms with E-state index in [1.807, 2.05) is 30.3 Å². The van der Waals surface area contributed by atoms with E-state index < -0.39 is 48.9 Å². The zero-order chi connectivity index (χ0) is 28.9. The lowest BCUT2D eigenvalue weighted by Crippen LogP contribution is -2.65. The highest BCUT2D eigenvalue weighted by Gasteiger charge is 2.55. The largest absolute Gasteiger partial charge is 0.461 e. The number of carbonyl (C=O) groups is 2. The predicted octanol–water partition coefficient (Wildman–Crippen LogP) is 4.94. The quantitative estimate of drug-likeness (QED) is 0.245. The summed E-state index contributed by atoms with van der Waals surface area (Å²) < 4.78 is 37.0. The smallest absolute Gasteiger partial charge is 0.338 e. The molecular weight excluding hydrogens is 538 g/mol. The second-order valence-corrected chi connectivity index (χ2v) is 9.88. The van der Waals surface area contributed by atoms with E-state index in [9.17, 15) is 9.59 Å². The molecule has 6 rings (SSSR count). The monoisotopic (exact) mass is 567 g/mol. The first-order valence-electron chi connectivity index (χ1n) is 13.6. The van der Waals surface area contributed by atoms with Crippen molar-refractivity contribution in [3.63, 3.8) is 0 Å². The number of ether oxygens (including phenoxy) is 6. The van der Waals surface area contributed by atoms with Crippen LogP contribution in [-0.4, -0.2) is 49.3 Å². The minimum atomic E-state index is -1.21. The van der Waals surface area contributed by atoms with Crippen LogP contribution in [0.4, 0.5) is 5.69 Å². The van der Waals surface area contributed by atoms with E-state index in [0.29, 0.717) is 22.6 Å². The van der Waals surface area contributed by atoms with Crippen LogP contribution >= 0.6 is 0 Å². The minimum Gasteiger partial charge on any atom is -0.461 e. The summed E-state index contributed by atoms with van der Waals surface area (Å²) in [7, 11) is 0. The Morgan fingerprint density at radius 3 is 1.81 bits per heavy atom. The van der Waals surface area contributed by atoms with Crippen LogP contribution < -0.4 is 10.5 Å². The van der Waals surface area contributed by atoms with E-state index in [2.05, 4.69) is 0 Å². The maximum absolute atomic E-state index is 13.4. The van der Waals surface area contributed by atoms with Gasteiger partial charge >= 0.3 is 11.9 Å². The highest BCUT2D eigenvalue weighted by Crippen LogP contribution is 2.37. The van der Waals surface area contributed by atoms with E-state index in [0.717, 1.165) is 5.56 Å². The summed E-state index contributed by atoms with van der Waals surface area (Å²) in [6.45, 7) is 0.116. The molecule has 2 saturated heterocycles. The molecule has 42 heavy (non-hydrogen) atoms. The van der Waals surface area contributed by atoms with Gasteiger partial charge in [-0.2, -0.15) is 0 Å². The van der Waals surface area contributed by atoms with Crippen molar-refractivity contribution in [2.24, 2.45) is 0 Å². The molecule has 4 aromatic carbocycles. The lowest BCUT2D eigenvalue weighted by Gasteiger charge is -2.48. The summed E-state index contributed by atoms with van der Waals surface area (Å²) in [4.78, 5) is 26.7. The first kappa shape index (κ1) is 27.5. The first-order valence-corrected chi connectivity index (χ1v) is 13.6. The van der Waals surface area contributed by atoms with Crippen LogP contribution in [0.15, 0.2) is 115 Å². The molecule has 6 atom stereocenters. The maximum Gasteiger partial charge on any atom is 0.338 e. The number of anilines is 1. The van der Waals surface area contributed by atoms with Gasteiger partial charge in [0, 0.05) is 11.3 Å². The van der Waals surface area contributed by atoms with Crippen LogP contribution in [0, 0.1) is 0 Å². The van der Waals surface area contributed by atoms with Gasteiger partial charge in [-0.05, 0) is 48.5 Å². The zero-order valence-electron chi connectivity index (χ0n) is 22.5. The standard InChI is InChI=1S/C33H29NO8/c34-24-16-18-25(19-17-24)38-33-29(41-31(36)22-12-6-2-7-13-22)28(40-30(35)21-10-4-1-5-11-21)27-26(39-33)20-37-32(42-27)23-14-8-3-9-15-23/h1-19,26-29,32-33H,20,34H2/t26?,27-,28?,29?,32?,33+/m0/s1. The Morgan fingerprint density at radius 1 is 0.667 bits per heavy atom. The van der Waals surface area contributed by atoms with Crippen molar-refractivity contribution in [3.8, 4) is 5.75 Å². The average Bonchev–Trinajstić information content (AvgIpc) is 3.04. The molecular formula is C33H29NO8. The highest BCUT2D eigenvalue weighted by atomic mass is 16.8. The number of hydrogen-bond acceptors (Lipinski definition) is 9. The molecule has 0 bridgehead atoms. The third-order valence-electron chi connectivity index (χ3n) is 6.99. The van der Waals surface area contributed by atoms with Gasteiger partial charge in [-0.25, -0.2) is 9.59 Å². The SMILES string of the molecule is Nc1ccc(O[C@@H]2OC3COC(c4ccccc4)O[C@@H]3C(OC(=O)c3ccccc3)C2OC(=O)c2ccccc2)cc1. The number of nitrogens with two attached hydrogens (primary N) is 1. The van der Waals surface area contributed by atoms with Crippen molar-refractivity contribution >= 4 is 17.6 Å². The van der Waals surface area contributed by atoms with Gasteiger partial charge in [-0.3, -0.25) is 0 Å². The molecule has 2 fully saturated rings. The van der Waals surface area contributed by atoms with Crippen molar-refractivity contribution in [1.82, 2.24) is 0 Å². The zero-order valence-corrected chi connectivity index (χ0v) is 22.5. The Hall–Kier alpha value is -4.70. The van der Waals surface area contributed by atoms with Gasteiger partial charge in [0.05, 0.1) is 17.7 Å². The number of rotatable bonds is 7. The van der Waals surface area contributed by atoms with Crippen LogP contribution in [0.25, 0.3) is 0 Å². The molecule has 0 aromatic heterocycles. The van der Waals surface area contributed by atoms with E-state index in [-0.39, 0.29) is 6.61 Å². The summed E-state index contributed by atoms with van der Waals surface area (Å²) in [6, 6.07) is 33.2. The second kappa shape index (κ2) is 12.4. The van der Waals surface area contributed by atoms with Crippen molar-refractivity contribution in [2.75, 3.05) is 12.3 Å². The maximum atomic E-state index is 13.4. The summed E-state index contributed by atoms with van der Waals surface area (Å²) in [5, 5.41) is 0. The Bertz CT molecular complexity index is 1480. The molecule has 0 spiro atoms. The van der Waals surface area contributed by atoms with Crippen molar-refractivity contribution in [1.29, 1.82) is 0 Å². The number of nitrogen functional groups attached to an aromatic ring is 1. The molecule has 4 unspecified atom stereocenters. The lowest BCUT2D eigenvalue weighted by atomic mass is 9.97. The molecule has 214 valence electrons. The van der Waals surface area contributed by atoms with Gasteiger partial charge in [0.25, 0.3) is 0 Å². The van der Waals surface area contributed by atoms with Gasteiger partial charge in [0.15, 0.2) is 12.4 Å². The van der Waals surface area contributed by atoms with E-state index in [1.54, 1.807) is 84.9 Å². The lowest BCUT2D eigenvalue weighted by molar-refractivity contribution is -0.348. The second-order valence-electron chi connectivity index (χ2n) is 9.88. The fraction of sp³-hybridized carbons (Fsp3) is 0.212. The molecule has 0 amide bonds. The fourth-order valence-corrected chi connectivity index (χ4v) is 4.89. The first-order chi connectivity index (χ1) is 20.5. The molecule has 0 saturated carbocycles. The van der Waals surface area contributed by atoms with Crippen molar-refractivity contribution < 1.29 is 38.0 Å². The molecule has 2 aliphatic heterocycles. The molecule has 9 nitrogen and oxygen atoms in total. The Labute approximate surface area is 242 Å². The van der Waals surface area contributed by atoms with Crippen LogP contribution in [0.2, 0.25) is 0 Å². The summed E-state index contributed by atoms with van der Waals surface area (Å²) in [6.07, 6.45) is -5.80. The summed E-state index contributed by atoms with van der Waals surface area (Å²) in [5.74, 6) is -0.832. The van der Waals surface area contributed by atoms with Gasteiger partial charge in [-0.1, -0.05) is 66.7 Å². The number of benzene rings is 4. The summed E-state index contributed by atoms with van der Waals surface area (Å²) in [5.41, 5.74) is 7.83. The molecule has 4 aromatic rings. The summed E-state index contributed by atoms with van der Waals surface area (Å²) >= 11 is 0. The number of carbonyl (C=O) groups excluding carboxylic acids is 2. The van der Waals surface area contributed by atoms with Crippen LogP contribution in [-0.2, 0) is 23.7 Å². The number of esters is 2. The van der Waals surface area contributed by atoms with Crippen LogP contribution in [0.1, 0.15) is 32.6 Å². The Morgan fingerprint density at radius 2 is 1.21 bits per heavy atom. The fourth-order valence-electron chi connectivity index (χ4n) is 4.89. The molecule has 0 aliphatic carbocycles.